The van der Waals surface area contributed by atoms with E-state index >= 15 is 0 Å². The van der Waals surface area contributed by atoms with E-state index in [2.05, 4.69) is 55.4 Å². The minimum Gasteiger partial charge on any atom is -0.0619 e. The van der Waals surface area contributed by atoms with Crippen molar-refractivity contribution in [1.29, 1.82) is 0 Å². The van der Waals surface area contributed by atoms with Gasteiger partial charge in [0.05, 0.1) is 0 Å². The molecule has 0 N–H and O–H groups in total. The largest absolute Gasteiger partial charge is 0.0619 e. The normalized spacial score (nSPS) is 86.2. The third kappa shape index (κ3) is 0.873. The van der Waals surface area contributed by atoms with Crippen molar-refractivity contribution in [3.8, 4) is 0 Å². The highest BCUT2D eigenvalue weighted by Gasteiger charge is 2.99. The highest BCUT2D eigenvalue weighted by molar-refractivity contribution is 5.46. The quantitative estimate of drug-likeness (QED) is 0.460. The molecular formula is C27H40. The standard InChI is InChI=1S/C27H40/c1-12-20-16-10-17-22(4)11-27(16)25(7)15(9-18(22)25)19-13(2)24(6,14(19)3)26(27,8)21(12)23(17,20)5/h12-21H,9-11H2,1-8H3. The van der Waals surface area contributed by atoms with Crippen molar-refractivity contribution in [3.63, 3.8) is 0 Å². The summed E-state index contributed by atoms with van der Waals surface area (Å²) in [6, 6.07) is 0. The molecule has 0 saturated heterocycles. The molecule has 10 saturated carbocycles. The van der Waals surface area contributed by atoms with Gasteiger partial charge in [-0.3, -0.25) is 0 Å². The van der Waals surface area contributed by atoms with E-state index in [0.29, 0.717) is 32.5 Å². The van der Waals surface area contributed by atoms with Crippen LogP contribution in [0.3, 0.4) is 0 Å². The van der Waals surface area contributed by atoms with Crippen LogP contribution >= 0.6 is 0 Å². The number of hydrogen-bond donors (Lipinski definition) is 0. The maximum absolute atomic E-state index is 2.92. The highest BCUT2D eigenvalue weighted by Crippen LogP contribution is 3.03. The molecule has 14 unspecified atom stereocenters. The smallest absolute Gasteiger partial charge is 0.0139 e. The zero-order valence-electron chi connectivity index (χ0n) is 18.9. The molecule has 27 heavy (non-hydrogen) atoms. The van der Waals surface area contributed by atoms with E-state index in [9.17, 15) is 0 Å². The second-order valence-electron chi connectivity index (χ2n) is 14.6. The Morgan fingerprint density at radius 3 is 2.04 bits per heavy atom. The minimum atomic E-state index is 0.577. The van der Waals surface area contributed by atoms with Crippen molar-refractivity contribution >= 4 is 0 Å². The zero-order valence-corrected chi connectivity index (χ0v) is 18.9. The van der Waals surface area contributed by atoms with Crippen molar-refractivity contribution in [1.82, 2.24) is 0 Å². The van der Waals surface area contributed by atoms with Gasteiger partial charge in [-0.1, -0.05) is 55.4 Å². The molecule has 1 spiro atoms. The van der Waals surface area contributed by atoms with Crippen LogP contribution in [-0.2, 0) is 0 Å². The third-order valence-electron chi connectivity index (χ3n) is 16.2. The van der Waals surface area contributed by atoms with Gasteiger partial charge in [0.1, 0.15) is 0 Å². The molecule has 0 aromatic rings. The Labute approximate surface area is 166 Å². The summed E-state index contributed by atoms with van der Waals surface area (Å²) in [6.07, 6.45) is 4.85. The number of hydrogen-bond acceptors (Lipinski definition) is 0. The van der Waals surface area contributed by atoms with Crippen molar-refractivity contribution in [2.45, 2.75) is 74.7 Å². The Kier molecular flexibility index (Phi) is 2.00. The lowest BCUT2D eigenvalue weighted by atomic mass is 9.21. The monoisotopic (exact) mass is 364 g/mol. The van der Waals surface area contributed by atoms with Crippen molar-refractivity contribution in [2.24, 2.45) is 91.7 Å². The Balaban J connectivity index is 1.56. The van der Waals surface area contributed by atoms with Gasteiger partial charge in [-0.2, -0.15) is 0 Å². The average Bonchev–Trinajstić information content (AvgIpc) is 2.85. The zero-order chi connectivity index (χ0) is 18.9. The fourth-order valence-electron chi connectivity index (χ4n) is 16.2. The van der Waals surface area contributed by atoms with Crippen LogP contribution < -0.4 is 0 Å². The Bertz CT molecular complexity index is 831. The summed E-state index contributed by atoms with van der Waals surface area (Å²) in [5.41, 5.74) is 3.87. The van der Waals surface area contributed by atoms with Gasteiger partial charge in [-0.25, -0.2) is 0 Å². The van der Waals surface area contributed by atoms with Crippen LogP contribution in [0.4, 0.5) is 0 Å². The molecule has 0 heterocycles. The summed E-state index contributed by atoms with van der Waals surface area (Å²) in [4.78, 5) is 0. The third-order valence-corrected chi connectivity index (χ3v) is 16.2. The van der Waals surface area contributed by atoms with Crippen LogP contribution in [0.25, 0.3) is 0 Å². The Morgan fingerprint density at radius 1 is 0.741 bits per heavy atom. The van der Waals surface area contributed by atoms with E-state index in [1.54, 1.807) is 19.3 Å². The lowest BCUT2D eigenvalue weighted by Gasteiger charge is -2.83. The highest BCUT2D eigenvalue weighted by atomic mass is 15.0. The summed E-state index contributed by atoms with van der Waals surface area (Å²) in [5.74, 6) is 10.3. The molecule has 10 aliphatic carbocycles. The lowest BCUT2D eigenvalue weighted by molar-refractivity contribution is -0.360. The molecule has 0 aromatic heterocycles. The maximum Gasteiger partial charge on any atom is -0.0139 e. The fraction of sp³-hybridized carbons (Fsp3) is 1.00. The molecule has 14 atom stereocenters. The maximum atomic E-state index is 2.92. The van der Waals surface area contributed by atoms with E-state index in [0.717, 1.165) is 59.2 Å². The SMILES string of the molecule is CC1C2C3CC4C5(C)CC36C3(C)C(CC53)C3C(C)C(C)(C3C)C6(C)C1C24C. The predicted molar refractivity (Wildman–Crippen MR) is 109 cm³/mol. The van der Waals surface area contributed by atoms with Gasteiger partial charge in [-0.15, -0.1) is 0 Å². The fourth-order valence-corrected chi connectivity index (χ4v) is 16.2. The van der Waals surface area contributed by atoms with Crippen LogP contribution in [0.2, 0.25) is 0 Å². The molecule has 10 aliphatic rings. The van der Waals surface area contributed by atoms with Gasteiger partial charge in [-0.05, 0) is 111 Å². The van der Waals surface area contributed by atoms with Crippen molar-refractivity contribution in [2.75, 3.05) is 0 Å². The second-order valence-corrected chi connectivity index (χ2v) is 14.6. The Hall–Kier alpha value is 0. The summed E-state index contributed by atoms with van der Waals surface area (Å²) in [7, 11) is 0. The predicted octanol–water partition coefficient (Wildman–Crippen LogP) is 6.51. The molecule has 11 bridgehead atoms. The van der Waals surface area contributed by atoms with E-state index in [1.165, 1.54) is 0 Å². The summed E-state index contributed by atoms with van der Waals surface area (Å²) in [6.45, 7) is 22.4. The molecule has 148 valence electrons. The van der Waals surface area contributed by atoms with Gasteiger partial charge < -0.3 is 0 Å². The van der Waals surface area contributed by atoms with Gasteiger partial charge in [0.15, 0.2) is 0 Å². The van der Waals surface area contributed by atoms with Crippen LogP contribution in [0.1, 0.15) is 74.7 Å². The first-order valence-corrected chi connectivity index (χ1v) is 12.5. The Morgan fingerprint density at radius 2 is 1.37 bits per heavy atom. The molecule has 10 fully saturated rings. The molecule has 0 aromatic carbocycles. The van der Waals surface area contributed by atoms with Crippen LogP contribution in [-0.4, -0.2) is 0 Å². The van der Waals surface area contributed by atoms with Crippen LogP contribution in [0.15, 0.2) is 0 Å². The lowest BCUT2D eigenvalue weighted by Crippen LogP contribution is -2.79. The molecule has 0 radical (unpaired) electrons. The summed E-state index contributed by atoms with van der Waals surface area (Å²) >= 11 is 0. The molecule has 10 rings (SSSR count). The molecule has 0 aliphatic heterocycles. The van der Waals surface area contributed by atoms with Crippen molar-refractivity contribution in [3.05, 3.63) is 0 Å². The second kappa shape index (κ2) is 3.41. The summed E-state index contributed by atoms with van der Waals surface area (Å²) < 4.78 is 0. The van der Waals surface area contributed by atoms with Crippen molar-refractivity contribution < 1.29 is 0 Å². The van der Waals surface area contributed by atoms with E-state index < -0.39 is 0 Å². The topological polar surface area (TPSA) is 0 Å². The number of rotatable bonds is 0. The van der Waals surface area contributed by atoms with Gasteiger partial charge in [0, 0.05) is 0 Å². The molecule has 0 heteroatoms. The summed E-state index contributed by atoms with van der Waals surface area (Å²) in [5, 5.41) is 0. The minimum absolute atomic E-state index is 0.577. The van der Waals surface area contributed by atoms with E-state index in [4.69, 9.17) is 0 Å². The average molecular weight is 365 g/mol. The van der Waals surface area contributed by atoms with Gasteiger partial charge >= 0.3 is 0 Å². The van der Waals surface area contributed by atoms with Crippen LogP contribution in [0, 0.1) is 91.7 Å². The molecule has 0 nitrogen and oxygen atoms in total. The first kappa shape index (κ1) is 15.8. The van der Waals surface area contributed by atoms with Crippen LogP contribution in [0.5, 0.6) is 0 Å². The first-order chi connectivity index (χ1) is 12.5. The van der Waals surface area contributed by atoms with E-state index in [-0.39, 0.29) is 0 Å². The van der Waals surface area contributed by atoms with E-state index in [1.807, 2.05) is 0 Å². The van der Waals surface area contributed by atoms with Gasteiger partial charge in [0.25, 0.3) is 0 Å². The first-order valence-electron chi connectivity index (χ1n) is 12.5. The molecule has 0 amide bonds. The molecular weight excluding hydrogens is 324 g/mol. The van der Waals surface area contributed by atoms with Gasteiger partial charge in [0.2, 0.25) is 0 Å².